The summed E-state index contributed by atoms with van der Waals surface area (Å²) in [6.45, 7) is 4.52. The average Bonchev–Trinajstić information content (AvgIpc) is 3.30. The molecule has 4 aromatic carbocycles. The smallest absolute Gasteiger partial charge is 0.164 e. The minimum Gasteiger partial charge on any atom is -0.208 e. The maximum atomic E-state index is 9.63. The van der Waals surface area contributed by atoms with Crippen LogP contribution in [0.25, 0.3) is 45.3 Å². The van der Waals surface area contributed by atoms with E-state index in [0.29, 0.717) is 28.5 Å². The SMILES string of the molecule is CC1(C)c2ccc(C#N)cc2-c2cccc(-c3nc(-c4ccccc4)nc(-c4ccc(C56CC7CC(CC(C7)C5)C6)cc4)n3)c21. The normalized spacial score (nSPS) is 25.0. The van der Waals surface area contributed by atoms with Gasteiger partial charge in [-0.2, -0.15) is 5.26 Å². The van der Waals surface area contributed by atoms with Gasteiger partial charge in [0.1, 0.15) is 0 Å². The molecule has 0 aliphatic heterocycles. The Labute approximate surface area is 265 Å². The summed E-state index contributed by atoms with van der Waals surface area (Å²) in [6, 6.07) is 34.2. The zero-order valence-electron chi connectivity index (χ0n) is 25.9. The Morgan fingerprint density at radius 3 is 1.87 bits per heavy atom. The lowest BCUT2D eigenvalue weighted by Gasteiger charge is -2.57. The van der Waals surface area contributed by atoms with Crippen LogP contribution in [0.1, 0.15) is 74.6 Å². The molecule has 0 saturated heterocycles. The second-order valence-electron chi connectivity index (χ2n) is 14.7. The van der Waals surface area contributed by atoms with E-state index in [-0.39, 0.29) is 5.41 Å². The first-order chi connectivity index (χ1) is 21.9. The monoisotopic (exact) mass is 584 g/mol. The van der Waals surface area contributed by atoms with Crippen molar-refractivity contribution in [1.82, 2.24) is 15.0 Å². The Morgan fingerprint density at radius 2 is 1.22 bits per heavy atom. The van der Waals surface area contributed by atoms with Crippen LogP contribution in [-0.4, -0.2) is 15.0 Å². The van der Waals surface area contributed by atoms with Gasteiger partial charge in [0.25, 0.3) is 0 Å². The summed E-state index contributed by atoms with van der Waals surface area (Å²) in [6.07, 6.45) is 8.45. The number of nitrogens with zero attached hydrogens (tertiary/aromatic N) is 4. The van der Waals surface area contributed by atoms with Crippen LogP contribution >= 0.6 is 0 Å². The lowest BCUT2D eigenvalue weighted by atomic mass is 9.48. The molecule has 0 N–H and O–H groups in total. The van der Waals surface area contributed by atoms with Crippen LogP contribution in [-0.2, 0) is 10.8 Å². The largest absolute Gasteiger partial charge is 0.208 e. The number of hydrogen-bond acceptors (Lipinski definition) is 4. The standard InChI is InChI=1S/C41H36N4/c1-40(2)35-16-11-25(24-42)20-34(35)32-9-6-10-33(36(32)40)39-44-37(29-7-4-3-5-8-29)43-38(45-39)30-12-14-31(15-13-30)41-21-26-17-27(22-41)19-28(18-26)23-41/h3-16,20,26-28H,17-19,21-23H2,1-2H3. The molecular formula is C41H36N4. The van der Waals surface area contributed by atoms with Crippen molar-refractivity contribution in [2.45, 2.75) is 63.2 Å². The fraction of sp³-hybridized carbons (Fsp3) is 0.317. The van der Waals surface area contributed by atoms with Crippen LogP contribution < -0.4 is 0 Å². The van der Waals surface area contributed by atoms with E-state index in [4.69, 9.17) is 15.0 Å². The van der Waals surface area contributed by atoms with Crippen molar-refractivity contribution >= 4 is 0 Å². The minimum absolute atomic E-state index is 0.269. The Bertz CT molecular complexity index is 1980. The Balaban J connectivity index is 1.17. The van der Waals surface area contributed by atoms with Gasteiger partial charge in [0.15, 0.2) is 17.5 Å². The molecule has 5 aromatic rings. The molecule has 45 heavy (non-hydrogen) atoms. The molecule has 4 nitrogen and oxygen atoms in total. The van der Waals surface area contributed by atoms with Crippen LogP contribution in [0, 0.1) is 29.1 Å². The second kappa shape index (κ2) is 9.69. The molecule has 4 bridgehead atoms. The van der Waals surface area contributed by atoms with E-state index < -0.39 is 0 Å². The van der Waals surface area contributed by atoms with Crippen LogP contribution in [0.3, 0.4) is 0 Å². The van der Waals surface area contributed by atoms with E-state index in [1.165, 1.54) is 55.2 Å². The maximum Gasteiger partial charge on any atom is 0.164 e. The first-order valence-corrected chi connectivity index (χ1v) is 16.5. The van der Waals surface area contributed by atoms with E-state index >= 15 is 0 Å². The van der Waals surface area contributed by atoms with Crippen molar-refractivity contribution in [2.75, 3.05) is 0 Å². The highest BCUT2D eigenvalue weighted by atomic mass is 15.0. The molecule has 0 atom stereocenters. The summed E-state index contributed by atoms with van der Waals surface area (Å²) in [7, 11) is 0. The minimum atomic E-state index is -0.269. The highest BCUT2D eigenvalue weighted by Gasteiger charge is 2.51. The van der Waals surface area contributed by atoms with Gasteiger partial charge >= 0.3 is 0 Å². The summed E-state index contributed by atoms with van der Waals surface area (Å²) in [5.74, 6) is 4.83. The molecule has 1 heterocycles. The zero-order chi connectivity index (χ0) is 30.3. The van der Waals surface area contributed by atoms with Gasteiger partial charge in [-0.05, 0) is 102 Å². The third kappa shape index (κ3) is 4.13. The lowest BCUT2D eigenvalue weighted by molar-refractivity contribution is -0.00518. The molecule has 220 valence electrons. The van der Waals surface area contributed by atoms with E-state index in [2.05, 4.69) is 80.6 Å². The average molecular weight is 585 g/mol. The number of nitriles is 1. The van der Waals surface area contributed by atoms with Crippen molar-refractivity contribution in [3.63, 3.8) is 0 Å². The molecule has 4 fully saturated rings. The number of rotatable bonds is 4. The number of aromatic nitrogens is 3. The predicted molar refractivity (Wildman–Crippen MR) is 178 cm³/mol. The van der Waals surface area contributed by atoms with Crippen LogP contribution in [0.15, 0.2) is 91.0 Å². The first-order valence-electron chi connectivity index (χ1n) is 16.5. The highest BCUT2D eigenvalue weighted by Crippen LogP contribution is 2.61. The molecule has 10 rings (SSSR count). The summed E-state index contributed by atoms with van der Waals surface area (Å²) >= 11 is 0. The number of benzene rings is 4. The van der Waals surface area contributed by atoms with Crippen molar-refractivity contribution in [2.24, 2.45) is 17.8 Å². The number of hydrogen-bond donors (Lipinski definition) is 0. The molecule has 5 aliphatic carbocycles. The van der Waals surface area contributed by atoms with Gasteiger partial charge in [-0.3, -0.25) is 0 Å². The van der Waals surface area contributed by atoms with Gasteiger partial charge in [0, 0.05) is 22.1 Å². The molecule has 4 heteroatoms. The highest BCUT2D eigenvalue weighted by molar-refractivity contribution is 5.87. The van der Waals surface area contributed by atoms with E-state index in [9.17, 15) is 5.26 Å². The number of fused-ring (bicyclic) bond motifs is 3. The van der Waals surface area contributed by atoms with E-state index in [0.717, 1.165) is 45.6 Å². The van der Waals surface area contributed by atoms with Gasteiger partial charge in [-0.1, -0.05) is 92.7 Å². The van der Waals surface area contributed by atoms with Gasteiger partial charge in [0.2, 0.25) is 0 Å². The van der Waals surface area contributed by atoms with Crippen LogP contribution in [0.5, 0.6) is 0 Å². The Hall–Kier alpha value is -4.62. The van der Waals surface area contributed by atoms with Crippen molar-refractivity contribution in [3.05, 3.63) is 113 Å². The van der Waals surface area contributed by atoms with Crippen molar-refractivity contribution in [3.8, 4) is 51.4 Å². The summed E-state index contributed by atoms with van der Waals surface area (Å²) < 4.78 is 0. The fourth-order valence-electron chi connectivity index (χ4n) is 9.93. The molecule has 0 amide bonds. The topological polar surface area (TPSA) is 62.5 Å². The molecule has 0 radical (unpaired) electrons. The third-order valence-corrected chi connectivity index (χ3v) is 11.5. The molecule has 5 aliphatic rings. The zero-order valence-corrected chi connectivity index (χ0v) is 25.9. The first kappa shape index (κ1) is 26.8. The van der Waals surface area contributed by atoms with Crippen molar-refractivity contribution < 1.29 is 0 Å². The van der Waals surface area contributed by atoms with Gasteiger partial charge in [0.05, 0.1) is 11.6 Å². The molecular weight excluding hydrogens is 548 g/mol. The van der Waals surface area contributed by atoms with E-state index in [1.54, 1.807) is 0 Å². The summed E-state index contributed by atoms with van der Waals surface area (Å²) in [4.78, 5) is 15.4. The molecule has 1 aromatic heterocycles. The Morgan fingerprint density at radius 1 is 0.622 bits per heavy atom. The maximum absolute atomic E-state index is 9.63. The lowest BCUT2D eigenvalue weighted by Crippen LogP contribution is -2.48. The molecule has 0 unspecified atom stereocenters. The quantitative estimate of drug-likeness (QED) is 0.211. The predicted octanol–water partition coefficient (Wildman–Crippen LogP) is 9.52. The third-order valence-electron chi connectivity index (χ3n) is 11.5. The van der Waals surface area contributed by atoms with Gasteiger partial charge < -0.3 is 0 Å². The summed E-state index contributed by atoms with van der Waals surface area (Å²) in [5, 5.41) is 9.63. The van der Waals surface area contributed by atoms with Crippen LogP contribution in [0.2, 0.25) is 0 Å². The fourth-order valence-corrected chi connectivity index (χ4v) is 9.93. The Kier molecular flexibility index (Phi) is 5.76. The second-order valence-corrected chi connectivity index (χ2v) is 14.7. The van der Waals surface area contributed by atoms with Gasteiger partial charge in [-0.15, -0.1) is 0 Å². The van der Waals surface area contributed by atoms with Crippen molar-refractivity contribution in [1.29, 1.82) is 5.26 Å². The van der Waals surface area contributed by atoms with Crippen LogP contribution in [0.4, 0.5) is 0 Å². The van der Waals surface area contributed by atoms with Gasteiger partial charge in [-0.25, -0.2) is 15.0 Å². The summed E-state index contributed by atoms with van der Waals surface area (Å²) in [5.41, 5.74) is 9.98. The molecule has 0 spiro atoms. The molecule has 4 saturated carbocycles. The van der Waals surface area contributed by atoms with E-state index in [1.807, 2.05) is 30.3 Å².